The fourth-order valence-electron chi connectivity index (χ4n) is 2.67. The van der Waals surface area contributed by atoms with Crippen LogP contribution in [0.4, 0.5) is 5.69 Å². The van der Waals surface area contributed by atoms with Crippen molar-refractivity contribution in [3.63, 3.8) is 0 Å². The van der Waals surface area contributed by atoms with E-state index in [0.29, 0.717) is 16.6 Å². The van der Waals surface area contributed by atoms with Gasteiger partial charge in [0.1, 0.15) is 12.1 Å². The molecule has 1 unspecified atom stereocenters. The Morgan fingerprint density at radius 1 is 1.22 bits per heavy atom. The van der Waals surface area contributed by atoms with E-state index in [9.17, 15) is 4.79 Å². The third-order valence-corrected chi connectivity index (χ3v) is 5.21. The van der Waals surface area contributed by atoms with Crippen LogP contribution in [-0.4, -0.2) is 33.0 Å². The van der Waals surface area contributed by atoms with E-state index in [2.05, 4.69) is 15.5 Å². The number of thioether (sulfide) groups is 1. The highest BCUT2D eigenvalue weighted by Crippen LogP contribution is 2.29. The minimum atomic E-state index is -0.359. The van der Waals surface area contributed by atoms with Gasteiger partial charge in [0.05, 0.1) is 23.7 Å². The van der Waals surface area contributed by atoms with E-state index in [1.807, 2.05) is 67.8 Å². The van der Waals surface area contributed by atoms with E-state index in [0.717, 1.165) is 16.8 Å². The lowest BCUT2D eigenvalue weighted by molar-refractivity contribution is -0.115. The van der Waals surface area contributed by atoms with E-state index in [-0.39, 0.29) is 11.2 Å². The van der Waals surface area contributed by atoms with E-state index < -0.39 is 0 Å². The Morgan fingerprint density at radius 2 is 2.00 bits per heavy atom. The molecule has 3 rings (SSSR count). The molecule has 0 saturated carbocycles. The Balaban J connectivity index is 1.76. The number of carbonyl (C=O) groups is 1. The quantitative estimate of drug-likeness (QED) is 0.652. The van der Waals surface area contributed by atoms with Gasteiger partial charge in [0.2, 0.25) is 5.91 Å². The fourth-order valence-corrected chi connectivity index (χ4v) is 3.50. The van der Waals surface area contributed by atoms with Gasteiger partial charge in [0.15, 0.2) is 5.16 Å². The van der Waals surface area contributed by atoms with Crippen LogP contribution < -0.4 is 10.1 Å². The number of amides is 1. The number of methoxy groups -OCH3 is 1. The lowest BCUT2D eigenvalue weighted by atomic mass is 10.2. The first-order valence-corrected chi connectivity index (χ1v) is 9.45. The third-order valence-electron chi connectivity index (χ3n) is 4.16. The zero-order valence-electron chi connectivity index (χ0n) is 15.8. The SMILES string of the molecule is COc1ccc(C)cc1NC(=O)C(C)Sc1nncn1-c1ccccc1C. The van der Waals surface area contributed by atoms with Crippen molar-refractivity contribution in [2.24, 2.45) is 0 Å². The fraction of sp³-hybridized carbons (Fsp3) is 0.250. The van der Waals surface area contributed by atoms with Crippen LogP contribution in [0.3, 0.4) is 0 Å². The Kier molecular flexibility index (Phi) is 5.81. The molecule has 3 aromatic rings. The first kappa shape index (κ1) is 19.0. The van der Waals surface area contributed by atoms with Crippen LogP contribution in [0.2, 0.25) is 0 Å². The van der Waals surface area contributed by atoms with Crippen LogP contribution in [0, 0.1) is 13.8 Å². The van der Waals surface area contributed by atoms with Gasteiger partial charge < -0.3 is 10.1 Å². The number of aromatic nitrogens is 3. The van der Waals surface area contributed by atoms with Crippen LogP contribution in [0.1, 0.15) is 18.1 Å². The van der Waals surface area contributed by atoms with Gasteiger partial charge in [-0.2, -0.15) is 0 Å². The maximum atomic E-state index is 12.7. The van der Waals surface area contributed by atoms with Crippen molar-refractivity contribution >= 4 is 23.4 Å². The highest BCUT2D eigenvalue weighted by atomic mass is 32.2. The van der Waals surface area contributed by atoms with E-state index in [1.165, 1.54) is 11.8 Å². The Morgan fingerprint density at radius 3 is 2.74 bits per heavy atom. The standard InChI is InChI=1S/C20H22N4O2S/c1-13-9-10-18(26-4)16(11-13)22-19(25)15(3)27-20-23-21-12-24(20)17-8-6-5-7-14(17)2/h5-12,15H,1-4H3,(H,22,25). The summed E-state index contributed by atoms with van der Waals surface area (Å²) in [5.41, 5.74) is 3.82. The second-order valence-corrected chi connectivity index (χ2v) is 7.53. The van der Waals surface area contributed by atoms with Crippen LogP contribution in [0.15, 0.2) is 53.9 Å². The van der Waals surface area contributed by atoms with Crippen molar-refractivity contribution in [2.45, 2.75) is 31.2 Å². The predicted octanol–water partition coefficient (Wildman–Crippen LogP) is 4.01. The summed E-state index contributed by atoms with van der Waals surface area (Å²) in [6.45, 7) is 5.85. The predicted molar refractivity (Wildman–Crippen MR) is 108 cm³/mol. The van der Waals surface area contributed by atoms with Gasteiger partial charge >= 0.3 is 0 Å². The zero-order valence-corrected chi connectivity index (χ0v) is 16.6. The Labute approximate surface area is 163 Å². The van der Waals surface area contributed by atoms with E-state index in [4.69, 9.17) is 4.74 Å². The Bertz CT molecular complexity index is 955. The number of rotatable bonds is 6. The van der Waals surface area contributed by atoms with Gasteiger partial charge in [-0.15, -0.1) is 10.2 Å². The van der Waals surface area contributed by atoms with E-state index in [1.54, 1.807) is 13.4 Å². The van der Waals surface area contributed by atoms with Gasteiger partial charge in [0, 0.05) is 0 Å². The average Bonchev–Trinajstić information content (AvgIpc) is 3.10. The van der Waals surface area contributed by atoms with Gasteiger partial charge in [0.25, 0.3) is 0 Å². The minimum absolute atomic E-state index is 0.122. The summed E-state index contributed by atoms with van der Waals surface area (Å²) >= 11 is 1.36. The summed E-state index contributed by atoms with van der Waals surface area (Å²) in [6.07, 6.45) is 1.67. The van der Waals surface area contributed by atoms with Crippen LogP contribution >= 0.6 is 11.8 Å². The van der Waals surface area contributed by atoms with Gasteiger partial charge in [-0.1, -0.05) is 36.0 Å². The minimum Gasteiger partial charge on any atom is -0.495 e. The highest BCUT2D eigenvalue weighted by molar-refractivity contribution is 8.00. The van der Waals surface area contributed by atoms with Crippen LogP contribution in [0.5, 0.6) is 5.75 Å². The van der Waals surface area contributed by atoms with Crippen molar-refractivity contribution in [2.75, 3.05) is 12.4 Å². The second-order valence-electron chi connectivity index (χ2n) is 6.22. The summed E-state index contributed by atoms with van der Waals surface area (Å²) in [5, 5.41) is 11.5. The second kappa shape index (κ2) is 8.26. The average molecular weight is 382 g/mol. The molecule has 0 radical (unpaired) electrons. The molecule has 1 atom stereocenters. The monoisotopic (exact) mass is 382 g/mol. The molecular weight excluding hydrogens is 360 g/mol. The van der Waals surface area contributed by atoms with E-state index >= 15 is 0 Å². The summed E-state index contributed by atoms with van der Waals surface area (Å²) in [6, 6.07) is 13.7. The maximum Gasteiger partial charge on any atom is 0.237 e. The highest BCUT2D eigenvalue weighted by Gasteiger charge is 2.20. The molecule has 0 bridgehead atoms. The molecule has 6 nitrogen and oxygen atoms in total. The van der Waals surface area contributed by atoms with Crippen LogP contribution in [0.25, 0.3) is 5.69 Å². The molecule has 0 aliphatic rings. The molecule has 0 fully saturated rings. The molecule has 7 heteroatoms. The molecule has 0 spiro atoms. The number of anilines is 1. The number of hydrogen-bond donors (Lipinski definition) is 1. The normalized spacial score (nSPS) is 11.9. The topological polar surface area (TPSA) is 69.0 Å². The molecular formula is C20H22N4O2S. The molecule has 2 aromatic carbocycles. The van der Waals surface area contributed by atoms with Crippen LogP contribution in [-0.2, 0) is 4.79 Å². The smallest absolute Gasteiger partial charge is 0.237 e. The number of nitrogens with one attached hydrogen (secondary N) is 1. The molecule has 1 aromatic heterocycles. The van der Waals surface area contributed by atoms with Crippen molar-refractivity contribution in [1.29, 1.82) is 0 Å². The molecule has 0 aliphatic heterocycles. The lowest BCUT2D eigenvalue weighted by Gasteiger charge is -2.15. The zero-order chi connectivity index (χ0) is 19.4. The summed E-state index contributed by atoms with van der Waals surface area (Å²) in [7, 11) is 1.59. The largest absolute Gasteiger partial charge is 0.495 e. The number of ether oxygens (including phenoxy) is 1. The van der Waals surface area contributed by atoms with Gasteiger partial charge in [-0.05, 0) is 50.1 Å². The lowest BCUT2D eigenvalue weighted by Crippen LogP contribution is -2.23. The van der Waals surface area contributed by atoms with Gasteiger partial charge in [-0.25, -0.2) is 0 Å². The van der Waals surface area contributed by atoms with Crippen molar-refractivity contribution in [1.82, 2.24) is 14.8 Å². The molecule has 1 heterocycles. The van der Waals surface area contributed by atoms with Crippen molar-refractivity contribution in [3.8, 4) is 11.4 Å². The molecule has 0 saturated heterocycles. The number of hydrogen-bond acceptors (Lipinski definition) is 5. The molecule has 0 aliphatic carbocycles. The molecule has 1 amide bonds. The summed E-state index contributed by atoms with van der Waals surface area (Å²) in [4.78, 5) is 12.7. The third kappa shape index (κ3) is 4.31. The first-order chi connectivity index (χ1) is 13.0. The number of aryl methyl sites for hydroxylation is 2. The number of carbonyl (C=O) groups excluding carboxylic acids is 1. The number of para-hydroxylation sites is 1. The van der Waals surface area contributed by atoms with Crippen molar-refractivity contribution in [3.05, 3.63) is 59.9 Å². The molecule has 27 heavy (non-hydrogen) atoms. The van der Waals surface area contributed by atoms with Gasteiger partial charge in [-0.3, -0.25) is 9.36 Å². The number of benzene rings is 2. The number of nitrogens with zero attached hydrogens (tertiary/aromatic N) is 3. The van der Waals surface area contributed by atoms with Crippen molar-refractivity contribution < 1.29 is 9.53 Å². The first-order valence-electron chi connectivity index (χ1n) is 8.57. The molecule has 1 N–H and O–H groups in total. The Hall–Kier alpha value is -2.80. The maximum absolute atomic E-state index is 12.7. The summed E-state index contributed by atoms with van der Waals surface area (Å²) in [5.74, 6) is 0.512. The molecule has 140 valence electrons. The summed E-state index contributed by atoms with van der Waals surface area (Å²) < 4.78 is 7.23.